The van der Waals surface area contributed by atoms with Gasteiger partial charge in [-0.15, -0.1) is 0 Å². The van der Waals surface area contributed by atoms with Crippen molar-refractivity contribution in [3.63, 3.8) is 0 Å². The van der Waals surface area contributed by atoms with Crippen LogP contribution in [0.15, 0.2) is 24.3 Å². The molecule has 0 spiro atoms. The van der Waals surface area contributed by atoms with Gasteiger partial charge >= 0.3 is 0 Å². The van der Waals surface area contributed by atoms with Gasteiger partial charge in [0.05, 0.1) is 6.10 Å². The Morgan fingerprint density at radius 1 is 1.11 bits per heavy atom. The third-order valence-electron chi connectivity index (χ3n) is 4.91. The largest absolute Gasteiger partial charge is 0.490 e. The fourth-order valence-electron chi connectivity index (χ4n) is 2.91. The molecule has 1 fully saturated rings. The van der Waals surface area contributed by atoms with Crippen molar-refractivity contribution in [2.45, 2.75) is 65.4 Å². The Balaban J connectivity index is 1.93. The minimum absolute atomic E-state index is 0.417. The van der Waals surface area contributed by atoms with E-state index >= 15 is 0 Å². The molecule has 2 rings (SSSR count). The molecular weight excluding hydrogens is 232 g/mol. The van der Waals surface area contributed by atoms with Crippen molar-refractivity contribution in [1.82, 2.24) is 0 Å². The van der Waals surface area contributed by atoms with Crippen LogP contribution in [0.25, 0.3) is 0 Å². The summed E-state index contributed by atoms with van der Waals surface area (Å²) in [5, 5.41) is 0. The van der Waals surface area contributed by atoms with E-state index in [0.717, 1.165) is 17.6 Å². The molecule has 0 aliphatic heterocycles. The van der Waals surface area contributed by atoms with Crippen LogP contribution < -0.4 is 4.74 Å². The molecule has 0 bridgehead atoms. The third-order valence-corrected chi connectivity index (χ3v) is 4.91. The molecule has 1 heteroatoms. The minimum atomic E-state index is 0.417. The van der Waals surface area contributed by atoms with E-state index in [4.69, 9.17) is 4.74 Å². The average Bonchev–Trinajstić information content (AvgIpc) is 2.43. The zero-order valence-electron chi connectivity index (χ0n) is 12.9. The van der Waals surface area contributed by atoms with Gasteiger partial charge in [-0.25, -0.2) is 0 Å². The lowest BCUT2D eigenvalue weighted by Gasteiger charge is -2.32. The van der Waals surface area contributed by atoms with E-state index in [1.807, 2.05) is 0 Å². The minimum Gasteiger partial charge on any atom is -0.490 e. The maximum Gasteiger partial charge on any atom is 0.119 e. The molecule has 1 nitrogen and oxygen atoms in total. The number of rotatable bonds is 4. The van der Waals surface area contributed by atoms with Gasteiger partial charge in [0.1, 0.15) is 5.75 Å². The number of hydrogen-bond donors (Lipinski definition) is 0. The molecule has 106 valence electrons. The third kappa shape index (κ3) is 3.75. The molecule has 0 amide bonds. The summed E-state index contributed by atoms with van der Waals surface area (Å²) in [6, 6.07) is 8.73. The van der Waals surface area contributed by atoms with Crippen LogP contribution in [0.4, 0.5) is 0 Å². The first kappa shape index (κ1) is 14.4. The molecule has 1 saturated carbocycles. The number of ether oxygens (including phenoxy) is 1. The second-order valence-corrected chi connectivity index (χ2v) is 6.39. The molecule has 0 radical (unpaired) electrons. The Bertz CT molecular complexity index is 381. The van der Waals surface area contributed by atoms with E-state index in [9.17, 15) is 0 Å². The SMILES string of the molecule is CCC(C)c1ccc(OC2CCC(C)C(C)C2)cc1. The van der Waals surface area contributed by atoms with Crippen molar-refractivity contribution < 1.29 is 4.74 Å². The lowest BCUT2D eigenvalue weighted by Crippen LogP contribution is -2.28. The van der Waals surface area contributed by atoms with Gasteiger partial charge < -0.3 is 4.74 Å². The van der Waals surface area contributed by atoms with Crippen molar-refractivity contribution in [3.05, 3.63) is 29.8 Å². The summed E-state index contributed by atoms with van der Waals surface area (Å²) in [5.41, 5.74) is 1.42. The summed E-state index contributed by atoms with van der Waals surface area (Å²) in [6.45, 7) is 9.23. The summed E-state index contributed by atoms with van der Waals surface area (Å²) in [6.07, 6.45) is 5.32. The highest BCUT2D eigenvalue weighted by molar-refractivity contribution is 5.29. The average molecular weight is 260 g/mol. The predicted molar refractivity (Wildman–Crippen MR) is 81.7 cm³/mol. The smallest absolute Gasteiger partial charge is 0.119 e. The van der Waals surface area contributed by atoms with Gasteiger partial charge in [-0.1, -0.05) is 39.8 Å². The Hall–Kier alpha value is -0.980. The summed E-state index contributed by atoms with van der Waals surface area (Å²) in [5.74, 6) is 3.33. The molecule has 0 N–H and O–H groups in total. The van der Waals surface area contributed by atoms with Gasteiger partial charge in [0.15, 0.2) is 0 Å². The topological polar surface area (TPSA) is 9.23 Å². The van der Waals surface area contributed by atoms with E-state index in [0.29, 0.717) is 12.0 Å². The van der Waals surface area contributed by atoms with E-state index in [2.05, 4.69) is 52.0 Å². The summed E-state index contributed by atoms with van der Waals surface area (Å²) in [7, 11) is 0. The van der Waals surface area contributed by atoms with Crippen LogP contribution >= 0.6 is 0 Å². The normalized spacial score (nSPS) is 28.9. The molecule has 1 aromatic carbocycles. The second kappa shape index (κ2) is 6.45. The van der Waals surface area contributed by atoms with Crippen LogP contribution in [0.1, 0.15) is 64.9 Å². The van der Waals surface area contributed by atoms with Crippen molar-refractivity contribution in [1.29, 1.82) is 0 Å². The standard InChI is InChI=1S/C18H28O/c1-5-13(2)16-7-10-17(11-8-16)19-18-9-6-14(3)15(4)12-18/h7-8,10-11,13-15,18H,5-6,9,12H2,1-4H3. The predicted octanol–water partition coefficient (Wildman–Crippen LogP) is 5.40. The summed E-state index contributed by atoms with van der Waals surface area (Å²) in [4.78, 5) is 0. The van der Waals surface area contributed by atoms with Crippen molar-refractivity contribution in [2.24, 2.45) is 11.8 Å². The van der Waals surface area contributed by atoms with Crippen LogP contribution in [0.2, 0.25) is 0 Å². The Kier molecular flexibility index (Phi) is 4.90. The number of benzene rings is 1. The van der Waals surface area contributed by atoms with Gasteiger partial charge in [-0.2, -0.15) is 0 Å². The first-order valence-electron chi connectivity index (χ1n) is 7.86. The molecule has 0 aromatic heterocycles. The van der Waals surface area contributed by atoms with E-state index in [1.54, 1.807) is 0 Å². The molecule has 0 saturated heterocycles. The molecule has 4 atom stereocenters. The molecule has 1 aliphatic rings. The van der Waals surface area contributed by atoms with Gasteiger partial charge in [-0.3, -0.25) is 0 Å². The molecule has 0 heterocycles. The molecule has 4 unspecified atom stereocenters. The fraction of sp³-hybridized carbons (Fsp3) is 0.667. The summed E-state index contributed by atoms with van der Waals surface area (Å²) < 4.78 is 6.14. The first-order valence-corrected chi connectivity index (χ1v) is 7.86. The molecule has 19 heavy (non-hydrogen) atoms. The van der Waals surface area contributed by atoms with Gasteiger partial charge in [0, 0.05) is 0 Å². The fourth-order valence-corrected chi connectivity index (χ4v) is 2.91. The molecular formula is C18H28O. The zero-order valence-corrected chi connectivity index (χ0v) is 12.9. The maximum atomic E-state index is 6.14. The Morgan fingerprint density at radius 3 is 2.37 bits per heavy atom. The second-order valence-electron chi connectivity index (χ2n) is 6.39. The lowest BCUT2D eigenvalue weighted by atomic mass is 9.80. The quantitative estimate of drug-likeness (QED) is 0.704. The van der Waals surface area contributed by atoms with Crippen LogP contribution in [0.3, 0.4) is 0 Å². The van der Waals surface area contributed by atoms with Crippen LogP contribution in [0, 0.1) is 11.8 Å². The molecule has 1 aliphatic carbocycles. The molecule has 1 aromatic rings. The highest BCUT2D eigenvalue weighted by Gasteiger charge is 2.25. The van der Waals surface area contributed by atoms with Gasteiger partial charge in [0.25, 0.3) is 0 Å². The van der Waals surface area contributed by atoms with Crippen molar-refractivity contribution >= 4 is 0 Å². The summed E-state index contributed by atoms with van der Waals surface area (Å²) >= 11 is 0. The Labute approximate surface area is 118 Å². The Morgan fingerprint density at radius 2 is 1.79 bits per heavy atom. The lowest BCUT2D eigenvalue weighted by molar-refractivity contribution is 0.101. The van der Waals surface area contributed by atoms with Crippen LogP contribution in [-0.2, 0) is 0 Å². The highest BCUT2D eigenvalue weighted by atomic mass is 16.5. The maximum absolute atomic E-state index is 6.14. The monoisotopic (exact) mass is 260 g/mol. The van der Waals surface area contributed by atoms with Crippen LogP contribution in [-0.4, -0.2) is 6.10 Å². The van der Waals surface area contributed by atoms with E-state index in [-0.39, 0.29) is 0 Å². The zero-order chi connectivity index (χ0) is 13.8. The van der Waals surface area contributed by atoms with E-state index in [1.165, 1.54) is 31.2 Å². The number of hydrogen-bond acceptors (Lipinski definition) is 1. The van der Waals surface area contributed by atoms with E-state index < -0.39 is 0 Å². The van der Waals surface area contributed by atoms with Crippen molar-refractivity contribution in [3.8, 4) is 5.75 Å². The van der Waals surface area contributed by atoms with Gasteiger partial charge in [0.2, 0.25) is 0 Å². The highest BCUT2D eigenvalue weighted by Crippen LogP contribution is 2.32. The van der Waals surface area contributed by atoms with Gasteiger partial charge in [-0.05, 0) is 61.1 Å². The first-order chi connectivity index (χ1) is 9.10. The van der Waals surface area contributed by atoms with Crippen molar-refractivity contribution in [2.75, 3.05) is 0 Å². The van der Waals surface area contributed by atoms with Crippen LogP contribution in [0.5, 0.6) is 5.75 Å².